The molecular formula is C19H19N5O3. The second-order valence-corrected chi connectivity index (χ2v) is 6.36. The molecule has 0 radical (unpaired) electrons. The molecule has 8 nitrogen and oxygen atoms in total. The number of phenols is 1. The van der Waals surface area contributed by atoms with Gasteiger partial charge in [0, 0.05) is 37.3 Å². The molecule has 1 unspecified atom stereocenters. The summed E-state index contributed by atoms with van der Waals surface area (Å²) in [5.41, 5.74) is 1.82. The van der Waals surface area contributed by atoms with Crippen molar-refractivity contribution in [3.63, 3.8) is 0 Å². The topological polar surface area (TPSA) is 107 Å². The quantitative estimate of drug-likeness (QED) is 0.621. The molecule has 1 atom stereocenters. The monoisotopic (exact) mass is 365 g/mol. The first-order valence-electron chi connectivity index (χ1n) is 8.64. The fourth-order valence-electron chi connectivity index (χ4n) is 3.39. The number of imidazole rings is 1. The number of aromatic hydroxyl groups is 1. The minimum atomic E-state index is -0.490. The summed E-state index contributed by atoms with van der Waals surface area (Å²) in [6.07, 6.45) is 7.71. The average molecular weight is 365 g/mol. The van der Waals surface area contributed by atoms with Crippen LogP contribution in [0.2, 0.25) is 0 Å². The fraction of sp³-hybridized carbons (Fsp3) is 0.211. The van der Waals surface area contributed by atoms with Gasteiger partial charge < -0.3 is 19.7 Å². The summed E-state index contributed by atoms with van der Waals surface area (Å²) < 4.78 is 1.94. The number of amides is 1. The highest BCUT2D eigenvalue weighted by Gasteiger charge is 2.41. The van der Waals surface area contributed by atoms with Crippen molar-refractivity contribution in [2.75, 3.05) is 6.54 Å². The lowest BCUT2D eigenvalue weighted by Crippen LogP contribution is -2.32. The van der Waals surface area contributed by atoms with Crippen LogP contribution in [0, 0.1) is 0 Å². The molecule has 0 saturated heterocycles. The Morgan fingerprint density at radius 2 is 1.93 bits per heavy atom. The molecule has 0 bridgehead atoms. The SMILES string of the molecule is O=C1C(O)=C(c2ccc(O)cc2)C(c2cc[nH]n2)N1CCCn1ccnc1. The Balaban J connectivity index is 1.63. The van der Waals surface area contributed by atoms with Crippen LogP contribution in [-0.2, 0) is 11.3 Å². The van der Waals surface area contributed by atoms with Gasteiger partial charge in [0.15, 0.2) is 5.76 Å². The molecule has 0 aliphatic carbocycles. The van der Waals surface area contributed by atoms with Gasteiger partial charge in [0.2, 0.25) is 0 Å². The van der Waals surface area contributed by atoms with Crippen molar-refractivity contribution in [1.82, 2.24) is 24.6 Å². The first kappa shape index (κ1) is 16.9. The molecule has 4 rings (SSSR count). The average Bonchev–Trinajstić information content (AvgIpc) is 3.41. The summed E-state index contributed by atoms with van der Waals surface area (Å²) in [7, 11) is 0. The van der Waals surface area contributed by atoms with Crippen molar-refractivity contribution < 1.29 is 15.0 Å². The molecule has 27 heavy (non-hydrogen) atoms. The standard InChI is InChI=1S/C19H19N5O3/c25-14-4-2-13(3-5-14)16-17(15-6-7-21-22-15)24(19(27)18(16)26)10-1-9-23-11-8-20-12-23/h2-8,11-12,17,25-26H,1,9-10H2,(H,21,22). The lowest BCUT2D eigenvalue weighted by Gasteiger charge is -2.25. The second-order valence-electron chi connectivity index (χ2n) is 6.36. The van der Waals surface area contributed by atoms with Gasteiger partial charge in [0.05, 0.1) is 12.0 Å². The van der Waals surface area contributed by atoms with Gasteiger partial charge in [-0.15, -0.1) is 0 Å². The maximum atomic E-state index is 12.8. The molecule has 0 saturated carbocycles. The van der Waals surface area contributed by atoms with Gasteiger partial charge in [-0.2, -0.15) is 5.10 Å². The number of aliphatic hydroxyl groups excluding tert-OH is 1. The summed E-state index contributed by atoms with van der Waals surface area (Å²) >= 11 is 0. The van der Waals surface area contributed by atoms with Gasteiger partial charge >= 0.3 is 0 Å². The van der Waals surface area contributed by atoms with E-state index in [1.807, 2.05) is 10.8 Å². The summed E-state index contributed by atoms with van der Waals surface area (Å²) in [5.74, 6) is -0.579. The number of aliphatic hydroxyl groups is 1. The number of aromatic nitrogens is 4. The van der Waals surface area contributed by atoms with E-state index in [-0.39, 0.29) is 11.5 Å². The summed E-state index contributed by atoms with van der Waals surface area (Å²) in [6.45, 7) is 1.17. The minimum Gasteiger partial charge on any atom is -0.508 e. The van der Waals surface area contributed by atoms with Crippen LogP contribution in [0.15, 0.2) is 61.0 Å². The van der Waals surface area contributed by atoms with Crippen LogP contribution in [0.25, 0.3) is 5.57 Å². The molecule has 3 N–H and O–H groups in total. The second kappa shape index (κ2) is 6.99. The summed E-state index contributed by atoms with van der Waals surface area (Å²) in [6, 6.07) is 7.73. The molecule has 1 aliphatic rings. The van der Waals surface area contributed by atoms with Crippen LogP contribution in [-0.4, -0.2) is 47.3 Å². The Kier molecular flexibility index (Phi) is 4.37. The number of hydrogen-bond acceptors (Lipinski definition) is 5. The van der Waals surface area contributed by atoms with Crippen LogP contribution in [0.1, 0.15) is 23.7 Å². The minimum absolute atomic E-state index is 0.122. The van der Waals surface area contributed by atoms with Crippen molar-refractivity contribution in [1.29, 1.82) is 0 Å². The Morgan fingerprint density at radius 3 is 2.59 bits per heavy atom. The van der Waals surface area contributed by atoms with Gasteiger partial charge in [0.1, 0.15) is 11.8 Å². The Hall–Kier alpha value is -3.55. The van der Waals surface area contributed by atoms with E-state index in [2.05, 4.69) is 15.2 Å². The lowest BCUT2D eigenvalue weighted by molar-refractivity contribution is -0.129. The highest BCUT2D eigenvalue weighted by atomic mass is 16.3. The van der Waals surface area contributed by atoms with Crippen molar-refractivity contribution in [2.24, 2.45) is 0 Å². The third-order valence-electron chi connectivity index (χ3n) is 4.66. The van der Waals surface area contributed by atoms with E-state index in [0.29, 0.717) is 36.3 Å². The van der Waals surface area contributed by atoms with Gasteiger partial charge in [-0.1, -0.05) is 12.1 Å². The van der Waals surface area contributed by atoms with Crippen LogP contribution < -0.4 is 0 Å². The van der Waals surface area contributed by atoms with Crippen LogP contribution in [0.4, 0.5) is 0 Å². The predicted molar refractivity (Wildman–Crippen MR) is 97.5 cm³/mol. The Bertz CT molecular complexity index is 946. The molecule has 1 aliphatic heterocycles. The third-order valence-corrected chi connectivity index (χ3v) is 4.66. The summed E-state index contributed by atoms with van der Waals surface area (Å²) in [5, 5.41) is 27.1. The first-order valence-corrected chi connectivity index (χ1v) is 8.64. The van der Waals surface area contributed by atoms with Crippen LogP contribution in [0.5, 0.6) is 5.75 Å². The van der Waals surface area contributed by atoms with E-state index >= 15 is 0 Å². The number of rotatable bonds is 6. The smallest absolute Gasteiger partial charge is 0.289 e. The maximum absolute atomic E-state index is 12.8. The Morgan fingerprint density at radius 1 is 1.11 bits per heavy atom. The number of H-pyrrole nitrogens is 1. The van der Waals surface area contributed by atoms with Gasteiger partial charge in [-0.3, -0.25) is 9.89 Å². The van der Waals surface area contributed by atoms with Gasteiger partial charge in [0.25, 0.3) is 5.91 Å². The number of nitrogens with zero attached hydrogens (tertiary/aromatic N) is 4. The summed E-state index contributed by atoms with van der Waals surface area (Å²) in [4.78, 5) is 18.4. The molecule has 0 spiro atoms. The molecule has 3 aromatic rings. The van der Waals surface area contributed by atoms with E-state index in [0.717, 1.165) is 0 Å². The highest BCUT2D eigenvalue weighted by Crippen LogP contribution is 2.42. The molecule has 138 valence electrons. The van der Waals surface area contributed by atoms with E-state index in [4.69, 9.17) is 0 Å². The zero-order chi connectivity index (χ0) is 18.8. The number of phenolic OH excluding ortho intramolecular Hbond substituents is 1. The van der Waals surface area contributed by atoms with Crippen LogP contribution in [0.3, 0.4) is 0 Å². The van der Waals surface area contributed by atoms with Gasteiger partial charge in [-0.05, 0) is 30.2 Å². The van der Waals surface area contributed by atoms with Crippen molar-refractivity contribution in [2.45, 2.75) is 19.0 Å². The maximum Gasteiger partial charge on any atom is 0.289 e. The van der Waals surface area contributed by atoms with Crippen molar-refractivity contribution in [3.8, 4) is 5.75 Å². The largest absolute Gasteiger partial charge is 0.508 e. The third kappa shape index (κ3) is 3.17. The molecule has 1 amide bonds. The zero-order valence-corrected chi connectivity index (χ0v) is 14.5. The number of aryl methyl sites for hydroxylation is 1. The molecule has 1 aromatic carbocycles. The van der Waals surface area contributed by atoms with E-state index in [9.17, 15) is 15.0 Å². The van der Waals surface area contributed by atoms with Gasteiger partial charge in [-0.25, -0.2) is 4.98 Å². The van der Waals surface area contributed by atoms with E-state index in [1.165, 1.54) is 12.1 Å². The number of nitrogens with one attached hydrogen (secondary N) is 1. The zero-order valence-electron chi connectivity index (χ0n) is 14.5. The lowest BCUT2D eigenvalue weighted by atomic mass is 9.97. The van der Waals surface area contributed by atoms with Crippen LogP contribution >= 0.6 is 0 Å². The molecule has 2 aromatic heterocycles. The number of benzene rings is 1. The van der Waals surface area contributed by atoms with Crippen molar-refractivity contribution in [3.05, 3.63) is 72.3 Å². The normalized spacial score (nSPS) is 17.1. The molecular weight excluding hydrogens is 346 g/mol. The van der Waals surface area contributed by atoms with Crippen molar-refractivity contribution >= 4 is 11.5 Å². The van der Waals surface area contributed by atoms with E-state index in [1.54, 1.807) is 41.8 Å². The van der Waals surface area contributed by atoms with E-state index < -0.39 is 11.9 Å². The highest BCUT2D eigenvalue weighted by molar-refractivity contribution is 6.05. The number of aromatic amines is 1. The predicted octanol–water partition coefficient (Wildman–Crippen LogP) is 2.25. The number of carbonyl (C=O) groups is 1. The Labute approximate surface area is 155 Å². The molecule has 0 fully saturated rings. The fourth-order valence-corrected chi connectivity index (χ4v) is 3.39. The molecule has 3 heterocycles. The number of carbonyl (C=O) groups excluding carboxylic acids is 1. The molecule has 8 heteroatoms. The first-order chi connectivity index (χ1) is 13.1. The number of hydrogen-bond donors (Lipinski definition) is 3.